The molecule has 1 amide bonds. The second-order valence-corrected chi connectivity index (χ2v) is 8.73. The largest absolute Gasteiger partial charge is 0.493 e. The van der Waals surface area contributed by atoms with Crippen molar-refractivity contribution in [3.8, 4) is 5.75 Å². The lowest BCUT2D eigenvalue weighted by Gasteiger charge is -2.38. The van der Waals surface area contributed by atoms with Crippen LogP contribution in [0.5, 0.6) is 5.75 Å². The average Bonchev–Trinajstić information content (AvgIpc) is 2.72. The molecule has 1 heterocycles. The Bertz CT molecular complexity index is 805. The molecule has 3 rings (SSSR count). The van der Waals surface area contributed by atoms with Crippen LogP contribution in [0.3, 0.4) is 0 Å². The van der Waals surface area contributed by atoms with E-state index in [2.05, 4.69) is 25.8 Å². The van der Waals surface area contributed by atoms with E-state index in [0.717, 1.165) is 42.8 Å². The monoisotopic (exact) mass is 412 g/mol. The summed E-state index contributed by atoms with van der Waals surface area (Å²) in [6.07, 6.45) is 2.43. The molecular weight excluding hydrogens is 379 g/mol. The van der Waals surface area contributed by atoms with E-state index < -0.39 is 0 Å². The van der Waals surface area contributed by atoms with Gasteiger partial charge in [-0.3, -0.25) is 4.79 Å². The van der Waals surface area contributed by atoms with Gasteiger partial charge in [-0.15, -0.1) is 0 Å². The summed E-state index contributed by atoms with van der Waals surface area (Å²) >= 11 is 0. The van der Waals surface area contributed by atoms with Crippen molar-refractivity contribution in [1.29, 1.82) is 0 Å². The second kappa shape index (κ2) is 10.6. The predicted molar refractivity (Wildman–Crippen MR) is 118 cm³/mol. The van der Waals surface area contributed by atoms with Crippen molar-refractivity contribution in [3.63, 3.8) is 0 Å². The summed E-state index contributed by atoms with van der Waals surface area (Å²) in [6.45, 7) is 7.35. The Morgan fingerprint density at radius 1 is 1.13 bits per heavy atom. The van der Waals surface area contributed by atoms with E-state index in [9.17, 15) is 9.18 Å². The first-order valence-electron chi connectivity index (χ1n) is 10.8. The van der Waals surface area contributed by atoms with Crippen LogP contribution in [0, 0.1) is 11.7 Å². The topological polar surface area (TPSA) is 32.8 Å². The highest BCUT2D eigenvalue weighted by Gasteiger charge is 2.27. The van der Waals surface area contributed by atoms with Crippen molar-refractivity contribution in [3.05, 3.63) is 65.5 Å². The molecule has 2 aromatic rings. The Labute approximate surface area is 179 Å². The molecule has 1 aliphatic heterocycles. The van der Waals surface area contributed by atoms with Gasteiger partial charge in [0.1, 0.15) is 11.6 Å². The molecule has 1 unspecified atom stereocenters. The Morgan fingerprint density at radius 2 is 1.80 bits per heavy atom. The number of likely N-dealkylation sites (tertiary alicyclic amines) is 1. The fourth-order valence-corrected chi connectivity index (χ4v) is 3.84. The second-order valence-electron chi connectivity index (χ2n) is 8.73. The van der Waals surface area contributed by atoms with Crippen LogP contribution in [-0.4, -0.2) is 48.5 Å². The zero-order chi connectivity index (χ0) is 21.5. The Balaban J connectivity index is 1.70. The third kappa shape index (κ3) is 6.56. The van der Waals surface area contributed by atoms with Gasteiger partial charge in [-0.1, -0.05) is 38.1 Å². The van der Waals surface area contributed by atoms with E-state index in [0.29, 0.717) is 25.5 Å². The number of hydrogen-bond donors (Lipinski definition) is 0. The summed E-state index contributed by atoms with van der Waals surface area (Å²) in [5.74, 6) is 1.15. The molecule has 0 radical (unpaired) electrons. The maximum Gasteiger partial charge on any atom is 0.227 e. The van der Waals surface area contributed by atoms with Gasteiger partial charge in [0.2, 0.25) is 5.91 Å². The number of benzene rings is 2. The number of likely N-dealkylation sites (N-methyl/N-ethyl adjacent to an activating group) is 1. The first-order valence-corrected chi connectivity index (χ1v) is 10.8. The van der Waals surface area contributed by atoms with Crippen molar-refractivity contribution < 1.29 is 13.9 Å². The lowest BCUT2D eigenvalue weighted by molar-refractivity contribution is -0.134. The van der Waals surface area contributed by atoms with E-state index >= 15 is 0 Å². The summed E-state index contributed by atoms with van der Waals surface area (Å²) < 4.78 is 19.0. The summed E-state index contributed by atoms with van der Waals surface area (Å²) in [6, 6.07) is 14.4. The normalized spacial score (nSPS) is 17.2. The SMILES string of the molecule is CC(C)COc1ccc(CC(=O)N(Cc2ccc(F)cc2)C2CCCN(C)C2)cc1. The first-order chi connectivity index (χ1) is 14.4. The molecule has 4 nitrogen and oxygen atoms in total. The number of amides is 1. The Hall–Kier alpha value is -2.40. The van der Waals surface area contributed by atoms with Crippen LogP contribution in [0.25, 0.3) is 0 Å². The molecule has 1 aliphatic rings. The molecule has 1 saturated heterocycles. The van der Waals surface area contributed by atoms with E-state index in [1.54, 1.807) is 12.1 Å². The highest BCUT2D eigenvalue weighted by Crippen LogP contribution is 2.20. The van der Waals surface area contributed by atoms with Gasteiger partial charge in [-0.05, 0) is 67.7 Å². The molecule has 0 aromatic heterocycles. The molecule has 0 N–H and O–H groups in total. The minimum atomic E-state index is -0.256. The fraction of sp³-hybridized carbons (Fsp3) is 0.480. The number of piperidine rings is 1. The predicted octanol–water partition coefficient (Wildman–Crippen LogP) is 4.53. The van der Waals surface area contributed by atoms with Gasteiger partial charge in [0.15, 0.2) is 0 Å². The molecule has 2 aromatic carbocycles. The summed E-state index contributed by atoms with van der Waals surface area (Å²) in [4.78, 5) is 17.5. The van der Waals surface area contributed by atoms with Crippen LogP contribution in [0.4, 0.5) is 4.39 Å². The smallest absolute Gasteiger partial charge is 0.227 e. The third-order valence-electron chi connectivity index (χ3n) is 5.49. The van der Waals surface area contributed by atoms with E-state index in [4.69, 9.17) is 4.74 Å². The van der Waals surface area contributed by atoms with E-state index in [1.807, 2.05) is 29.2 Å². The zero-order valence-electron chi connectivity index (χ0n) is 18.3. The van der Waals surface area contributed by atoms with Crippen LogP contribution in [0.2, 0.25) is 0 Å². The number of hydrogen-bond acceptors (Lipinski definition) is 3. The average molecular weight is 413 g/mol. The van der Waals surface area contributed by atoms with Gasteiger partial charge in [0.05, 0.1) is 13.0 Å². The molecule has 0 spiro atoms. The summed E-state index contributed by atoms with van der Waals surface area (Å²) in [5.41, 5.74) is 1.93. The molecule has 30 heavy (non-hydrogen) atoms. The molecular formula is C25H33FN2O2. The van der Waals surface area contributed by atoms with Gasteiger partial charge in [0.25, 0.3) is 0 Å². The lowest BCUT2D eigenvalue weighted by Crippen LogP contribution is -2.49. The van der Waals surface area contributed by atoms with E-state index in [-0.39, 0.29) is 17.8 Å². The number of rotatable bonds is 8. The Morgan fingerprint density at radius 3 is 2.43 bits per heavy atom. The number of nitrogens with zero attached hydrogens (tertiary/aromatic N) is 2. The van der Waals surface area contributed by atoms with Gasteiger partial charge in [-0.25, -0.2) is 4.39 Å². The van der Waals surface area contributed by atoms with Crippen LogP contribution in [-0.2, 0) is 17.8 Å². The van der Waals surface area contributed by atoms with Crippen LogP contribution >= 0.6 is 0 Å². The Kier molecular flexibility index (Phi) is 7.86. The zero-order valence-corrected chi connectivity index (χ0v) is 18.3. The van der Waals surface area contributed by atoms with Gasteiger partial charge >= 0.3 is 0 Å². The van der Waals surface area contributed by atoms with Gasteiger partial charge < -0.3 is 14.5 Å². The van der Waals surface area contributed by atoms with Crippen LogP contribution in [0.15, 0.2) is 48.5 Å². The highest BCUT2D eigenvalue weighted by atomic mass is 19.1. The maximum absolute atomic E-state index is 13.3. The number of ether oxygens (including phenoxy) is 1. The van der Waals surface area contributed by atoms with Crippen molar-refractivity contribution in [2.24, 2.45) is 5.92 Å². The standard InChI is InChI=1S/C25H33FN2O2/c1-19(2)18-30-24-12-8-20(9-13-24)15-25(29)28(23-5-4-14-27(3)17-23)16-21-6-10-22(26)11-7-21/h6-13,19,23H,4-5,14-18H2,1-3H3. The highest BCUT2D eigenvalue weighted by molar-refractivity contribution is 5.79. The molecule has 1 fully saturated rings. The molecule has 0 aliphatic carbocycles. The molecule has 0 bridgehead atoms. The first kappa shape index (κ1) is 22.3. The lowest BCUT2D eigenvalue weighted by atomic mass is 10.0. The third-order valence-corrected chi connectivity index (χ3v) is 5.49. The number of carbonyl (C=O) groups excluding carboxylic acids is 1. The minimum Gasteiger partial charge on any atom is -0.493 e. The van der Waals surface area contributed by atoms with Gasteiger partial charge in [0, 0.05) is 19.1 Å². The quantitative estimate of drug-likeness (QED) is 0.639. The molecule has 5 heteroatoms. The minimum absolute atomic E-state index is 0.107. The molecule has 162 valence electrons. The molecule has 0 saturated carbocycles. The van der Waals surface area contributed by atoms with Gasteiger partial charge in [-0.2, -0.15) is 0 Å². The number of halogens is 1. The van der Waals surface area contributed by atoms with Crippen molar-refractivity contribution in [1.82, 2.24) is 9.80 Å². The summed E-state index contributed by atoms with van der Waals surface area (Å²) in [7, 11) is 2.10. The van der Waals surface area contributed by atoms with Crippen molar-refractivity contribution in [2.45, 2.75) is 45.7 Å². The molecule has 1 atom stereocenters. The van der Waals surface area contributed by atoms with Crippen molar-refractivity contribution >= 4 is 5.91 Å². The van der Waals surface area contributed by atoms with Crippen LogP contribution in [0.1, 0.15) is 37.8 Å². The van der Waals surface area contributed by atoms with Crippen LogP contribution < -0.4 is 4.74 Å². The number of carbonyl (C=O) groups is 1. The van der Waals surface area contributed by atoms with E-state index in [1.165, 1.54) is 12.1 Å². The fourth-order valence-electron chi connectivity index (χ4n) is 3.84. The maximum atomic E-state index is 13.3. The van der Waals surface area contributed by atoms with Crippen molar-refractivity contribution in [2.75, 3.05) is 26.7 Å². The summed E-state index contributed by atoms with van der Waals surface area (Å²) in [5, 5.41) is 0.